The Morgan fingerprint density at radius 3 is 2.50 bits per heavy atom. The molecular weight excluding hydrogens is 344 g/mol. The molecule has 0 saturated heterocycles. The normalized spacial score (nSPS) is 10.6. The molecular formula is C21H16N2O2S. The number of hydrogen-bond donors (Lipinski definition) is 1. The Labute approximate surface area is 155 Å². The van der Waals surface area contributed by atoms with Crippen LogP contribution >= 0.6 is 11.3 Å². The molecule has 0 aliphatic heterocycles. The van der Waals surface area contributed by atoms with Crippen LogP contribution < -0.4 is 10.1 Å². The first-order valence-corrected chi connectivity index (χ1v) is 9.04. The van der Waals surface area contributed by atoms with Crippen LogP contribution in [0.1, 0.15) is 0 Å². The maximum atomic E-state index is 12.3. The first-order chi connectivity index (χ1) is 12.8. The van der Waals surface area contributed by atoms with Crippen molar-refractivity contribution in [2.24, 2.45) is 0 Å². The van der Waals surface area contributed by atoms with Crippen molar-refractivity contribution in [1.29, 1.82) is 0 Å². The van der Waals surface area contributed by atoms with Crippen molar-refractivity contribution in [3.05, 3.63) is 78.9 Å². The summed E-state index contributed by atoms with van der Waals surface area (Å²) in [6, 6.07) is 25.0. The number of anilines is 1. The molecule has 1 heterocycles. The molecule has 0 radical (unpaired) electrons. The summed E-state index contributed by atoms with van der Waals surface area (Å²) < 4.78 is 6.63. The molecule has 0 fully saturated rings. The van der Waals surface area contributed by atoms with Gasteiger partial charge in [-0.25, -0.2) is 4.98 Å². The summed E-state index contributed by atoms with van der Waals surface area (Å²) in [4.78, 5) is 17.0. The van der Waals surface area contributed by atoms with Crippen LogP contribution in [0, 0.1) is 0 Å². The summed E-state index contributed by atoms with van der Waals surface area (Å²) in [6.07, 6.45) is 0. The van der Waals surface area contributed by atoms with E-state index in [4.69, 9.17) is 4.74 Å². The van der Waals surface area contributed by atoms with Gasteiger partial charge in [0.25, 0.3) is 5.91 Å². The van der Waals surface area contributed by atoms with Gasteiger partial charge < -0.3 is 10.1 Å². The van der Waals surface area contributed by atoms with Gasteiger partial charge in [0, 0.05) is 5.56 Å². The second-order valence-electron chi connectivity index (χ2n) is 5.68. The smallest absolute Gasteiger partial charge is 0.262 e. The number of rotatable bonds is 5. The van der Waals surface area contributed by atoms with Crippen LogP contribution in [0.5, 0.6) is 5.75 Å². The first kappa shape index (κ1) is 16.3. The highest BCUT2D eigenvalue weighted by Crippen LogP contribution is 2.34. The van der Waals surface area contributed by atoms with Crippen LogP contribution in [0.4, 0.5) is 5.69 Å². The number of amides is 1. The van der Waals surface area contributed by atoms with Crippen molar-refractivity contribution < 1.29 is 9.53 Å². The SMILES string of the molecule is O=C(COc1ccccc1)Nc1ccccc1-c1nc2ccccc2s1. The molecule has 0 spiro atoms. The summed E-state index contributed by atoms with van der Waals surface area (Å²) in [6.45, 7) is -0.0435. The monoisotopic (exact) mass is 360 g/mol. The number of thiazole rings is 1. The minimum Gasteiger partial charge on any atom is -0.484 e. The average Bonchev–Trinajstić information content (AvgIpc) is 3.12. The van der Waals surface area contributed by atoms with Crippen molar-refractivity contribution in [1.82, 2.24) is 4.98 Å². The van der Waals surface area contributed by atoms with Crippen molar-refractivity contribution in [2.45, 2.75) is 0 Å². The van der Waals surface area contributed by atoms with E-state index >= 15 is 0 Å². The lowest BCUT2D eigenvalue weighted by molar-refractivity contribution is -0.118. The van der Waals surface area contributed by atoms with Gasteiger partial charge in [0.2, 0.25) is 0 Å². The number of aromatic nitrogens is 1. The molecule has 5 heteroatoms. The molecule has 128 valence electrons. The average molecular weight is 360 g/mol. The number of ether oxygens (including phenoxy) is 1. The second-order valence-corrected chi connectivity index (χ2v) is 6.71. The fourth-order valence-corrected chi connectivity index (χ4v) is 3.62. The maximum Gasteiger partial charge on any atom is 0.262 e. The zero-order valence-electron chi connectivity index (χ0n) is 13.9. The predicted octanol–water partition coefficient (Wildman–Crippen LogP) is 4.98. The van der Waals surface area contributed by atoms with E-state index in [0.717, 1.165) is 26.5 Å². The van der Waals surface area contributed by atoms with E-state index in [0.29, 0.717) is 5.75 Å². The molecule has 1 N–H and O–H groups in total. The minimum absolute atomic E-state index is 0.0435. The number of nitrogens with zero attached hydrogens (tertiary/aromatic N) is 1. The fourth-order valence-electron chi connectivity index (χ4n) is 2.62. The number of nitrogens with one attached hydrogen (secondary N) is 1. The van der Waals surface area contributed by atoms with E-state index in [1.165, 1.54) is 0 Å². The minimum atomic E-state index is -0.206. The number of hydrogen-bond acceptors (Lipinski definition) is 4. The van der Waals surface area contributed by atoms with E-state index in [-0.39, 0.29) is 12.5 Å². The van der Waals surface area contributed by atoms with E-state index in [2.05, 4.69) is 10.3 Å². The van der Waals surface area contributed by atoms with Gasteiger partial charge in [-0.3, -0.25) is 4.79 Å². The Balaban J connectivity index is 1.53. The summed E-state index contributed by atoms with van der Waals surface area (Å²) in [5, 5.41) is 3.81. The third-order valence-electron chi connectivity index (χ3n) is 3.84. The van der Waals surface area contributed by atoms with Crippen molar-refractivity contribution >= 4 is 33.1 Å². The van der Waals surface area contributed by atoms with E-state index in [9.17, 15) is 4.79 Å². The number of para-hydroxylation sites is 3. The third kappa shape index (κ3) is 3.58. The van der Waals surface area contributed by atoms with Crippen LogP contribution in [-0.4, -0.2) is 17.5 Å². The molecule has 0 atom stereocenters. The van der Waals surface area contributed by atoms with Crippen LogP contribution in [0.15, 0.2) is 78.9 Å². The van der Waals surface area contributed by atoms with Gasteiger partial charge in [-0.05, 0) is 36.4 Å². The molecule has 0 saturated carbocycles. The molecule has 0 bridgehead atoms. The molecule has 3 aromatic carbocycles. The van der Waals surface area contributed by atoms with Gasteiger partial charge in [-0.2, -0.15) is 0 Å². The van der Waals surface area contributed by atoms with Gasteiger partial charge in [0.1, 0.15) is 10.8 Å². The van der Waals surface area contributed by atoms with Gasteiger partial charge in [0.05, 0.1) is 15.9 Å². The summed E-state index contributed by atoms with van der Waals surface area (Å²) >= 11 is 1.61. The lowest BCUT2D eigenvalue weighted by atomic mass is 10.2. The van der Waals surface area contributed by atoms with Gasteiger partial charge in [-0.1, -0.05) is 42.5 Å². The Kier molecular flexibility index (Phi) is 4.62. The zero-order chi connectivity index (χ0) is 17.8. The van der Waals surface area contributed by atoms with Crippen molar-refractivity contribution in [2.75, 3.05) is 11.9 Å². The number of benzene rings is 3. The summed E-state index contributed by atoms with van der Waals surface area (Å²) in [5.41, 5.74) is 2.59. The molecule has 1 aromatic heterocycles. The Morgan fingerprint density at radius 2 is 1.65 bits per heavy atom. The number of carbonyl (C=O) groups is 1. The maximum absolute atomic E-state index is 12.3. The quantitative estimate of drug-likeness (QED) is 0.546. The van der Waals surface area contributed by atoms with Crippen LogP contribution in [0.25, 0.3) is 20.8 Å². The zero-order valence-corrected chi connectivity index (χ0v) is 14.7. The molecule has 4 rings (SSSR count). The number of fused-ring (bicyclic) bond motifs is 1. The van der Waals surface area contributed by atoms with E-state index in [1.54, 1.807) is 11.3 Å². The Bertz CT molecular complexity index is 1010. The molecule has 1 amide bonds. The van der Waals surface area contributed by atoms with Gasteiger partial charge in [0.15, 0.2) is 6.61 Å². The van der Waals surface area contributed by atoms with Crippen molar-refractivity contribution in [3.63, 3.8) is 0 Å². The summed E-state index contributed by atoms with van der Waals surface area (Å²) in [5.74, 6) is 0.463. The molecule has 0 aliphatic carbocycles. The third-order valence-corrected chi connectivity index (χ3v) is 4.91. The lowest BCUT2D eigenvalue weighted by Crippen LogP contribution is -2.20. The van der Waals surface area contributed by atoms with Crippen LogP contribution in [0.3, 0.4) is 0 Å². The largest absolute Gasteiger partial charge is 0.484 e. The fraction of sp³-hybridized carbons (Fsp3) is 0.0476. The standard InChI is InChI=1S/C21H16N2O2S/c24-20(14-25-15-8-2-1-3-9-15)22-17-11-5-4-10-16(17)21-23-18-12-6-7-13-19(18)26-21/h1-13H,14H2,(H,22,24). The van der Waals surface area contributed by atoms with Crippen LogP contribution in [-0.2, 0) is 4.79 Å². The topological polar surface area (TPSA) is 51.2 Å². The highest BCUT2D eigenvalue weighted by Gasteiger charge is 2.12. The summed E-state index contributed by atoms with van der Waals surface area (Å²) in [7, 11) is 0. The van der Waals surface area contributed by atoms with Crippen LogP contribution in [0.2, 0.25) is 0 Å². The number of carbonyl (C=O) groups excluding carboxylic acids is 1. The Hall–Kier alpha value is -3.18. The first-order valence-electron chi connectivity index (χ1n) is 8.22. The highest BCUT2D eigenvalue weighted by molar-refractivity contribution is 7.21. The molecule has 4 nitrogen and oxygen atoms in total. The molecule has 0 unspecified atom stereocenters. The van der Waals surface area contributed by atoms with E-state index < -0.39 is 0 Å². The molecule has 26 heavy (non-hydrogen) atoms. The predicted molar refractivity (Wildman–Crippen MR) is 106 cm³/mol. The van der Waals surface area contributed by atoms with E-state index in [1.807, 2.05) is 78.9 Å². The lowest BCUT2D eigenvalue weighted by Gasteiger charge is -2.10. The molecule has 0 aliphatic rings. The van der Waals surface area contributed by atoms with Gasteiger partial charge >= 0.3 is 0 Å². The highest BCUT2D eigenvalue weighted by atomic mass is 32.1. The van der Waals surface area contributed by atoms with Crippen molar-refractivity contribution in [3.8, 4) is 16.3 Å². The Morgan fingerprint density at radius 1 is 0.923 bits per heavy atom. The second kappa shape index (κ2) is 7.37. The molecule has 4 aromatic rings. The van der Waals surface area contributed by atoms with Gasteiger partial charge in [-0.15, -0.1) is 11.3 Å².